The summed E-state index contributed by atoms with van der Waals surface area (Å²) in [7, 11) is 0. The van der Waals surface area contributed by atoms with Gasteiger partial charge in [0.15, 0.2) is 12.2 Å². The average Bonchev–Trinajstić information content (AvgIpc) is 2.87. The number of hydrogen-bond acceptors (Lipinski definition) is 4. The van der Waals surface area contributed by atoms with Crippen molar-refractivity contribution in [1.29, 1.82) is 0 Å². The molecule has 0 aromatic heterocycles. The smallest absolute Gasteiger partial charge is 0.418 e. The van der Waals surface area contributed by atoms with Crippen LogP contribution >= 0.6 is 0 Å². The molecule has 4 aromatic carbocycles. The maximum atomic E-state index is 12.8. The molecule has 0 radical (unpaired) electrons. The monoisotopic (exact) mass is 422 g/mol. The van der Waals surface area contributed by atoms with E-state index >= 15 is 0 Å². The van der Waals surface area contributed by atoms with Gasteiger partial charge in [-0.15, -0.1) is 0 Å². The molecule has 0 atom stereocenters. The van der Waals surface area contributed by atoms with Crippen LogP contribution < -0.4 is 0 Å². The molecule has 4 aromatic rings. The molecule has 0 saturated heterocycles. The van der Waals surface area contributed by atoms with E-state index < -0.39 is 24.1 Å². The lowest BCUT2D eigenvalue weighted by atomic mass is 10.0. The predicted octanol–water partition coefficient (Wildman–Crippen LogP) is 5.65. The van der Waals surface area contributed by atoms with E-state index in [0.29, 0.717) is 0 Å². The van der Waals surface area contributed by atoms with Crippen molar-refractivity contribution in [3.8, 4) is 0 Å². The Kier molecular flexibility index (Phi) is 6.73. The van der Waals surface area contributed by atoms with Crippen LogP contribution in [-0.2, 0) is 19.1 Å². The second-order valence-corrected chi connectivity index (χ2v) is 7.21. The van der Waals surface area contributed by atoms with Crippen LogP contribution in [0.5, 0.6) is 0 Å². The Hall–Kier alpha value is -4.18. The quantitative estimate of drug-likeness (QED) is 0.298. The average molecular weight is 422 g/mol. The first-order chi connectivity index (χ1) is 15.7. The number of ether oxygens (including phenoxy) is 2. The van der Waals surface area contributed by atoms with Crippen molar-refractivity contribution in [2.24, 2.45) is 0 Å². The van der Waals surface area contributed by atoms with Crippen molar-refractivity contribution in [2.75, 3.05) is 0 Å². The van der Waals surface area contributed by atoms with E-state index in [1.54, 1.807) is 0 Å². The van der Waals surface area contributed by atoms with E-state index in [9.17, 15) is 9.59 Å². The predicted molar refractivity (Wildman–Crippen MR) is 122 cm³/mol. The van der Waals surface area contributed by atoms with Gasteiger partial charge in [-0.1, -0.05) is 121 Å². The van der Waals surface area contributed by atoms with Crippen LogP contribution in [0.25, 0.3) is 0 Å². The minimum atomic E-state index is -1.04. The molecular weight excluding hydrogens is 400 g/mol. The van der Waals surface area contributed by atoms with E-state index in [4.69, 9.17) is 9.47 Å². The highest BCUT2D eigenvalue weighted by molar-refractivity contribution is 6.29. The lowest BCUT2D eigenvalue weighted by Crippen LogP contribution is -2.25. The van der Waals surface area contributed by atoms with Crippen molar-refractivity contribution in [3.63, 3.8) is 0 Å². The molecule has 0 aliphatic rings. The van der Waals surface area contributed by atoms with Gasteiger partial charge in [0.25, 0.3) is 0 Å². The third kappa shape index (κ3) is 5.10. The highest BCUT2D eigenvalue weighted by Gasteiger charge is 2.28. The normalized spacial score (nSPS) is 10.7. The van der Waals surface area contributed by atoms with Crippen LogP contribution in [0.4, 0.5) is 0 Å². The van der Waals surface area contributed by atoms with E-state index in [-0.39, 0.29) is 0 Å². The molecule has 0 N–H and O–H groups in total. The molecule has 0 bridgehead atoms. The topological polar surface area (TPSA) is 52.6 Å². The zero-order chi connectivity index (χ0) is 22.2. The minimum Gasteiger partial charge on any atom is -0.444 e. The first kappa shape index (κ1) is 21.1. The fourth-order valence-corrected chi connectivity index (χ4v) is 3.48. The van der Waals surface area contributed by atoms with Crippen molar-refractivity contribution in [1.82, 2.24) is 0 Å². The molecule has 0 amide bonds. The molecule has 0 spiro atoms. The summed E-state index contributed by atoms with van der Waals surface area (Å²) in [6.45, 7) is 0. The second kappa shape index (κ2) is 10.2. The lowest BCUT2D eigenvalue weighted by Gasteiger charge is -2.21. The Morgan fingerprint density at radius 1 is 0.406 bits per heavy atom. The lowest BCUT2D eigenvalue weighted by molar-refractivity contribution is -0.172. The zero-order valence-corrected chi connectivity index (χ0v) is 17.3. The summed E-state index contributed by atoms with van der Waals surface area (Å²) >= 11 is 0. The van der Waals surface area contributed by atoms with Crippen molar-refractivity contribution in [2.45, 2.75) is 12.2 Å². The fraction of sp³-hybridized carbons (Fsp3) is 0.0714. The molecule has 0 aliphatic carbocycles. The third-order valence-electron chi connectivity index (χ3n) is 5.03. The highest BCUT2D eigenvalue weighted by Crippen LogP contribution is 2.28. The zero-order valence-electron chi connectivity index (χ0n) is 17.3. The minimum absolute atomic E-state index is 0.718. The Labute approximate surface area is 187 Å². The van der Waals surface area contributed by atoms with Crippen molar-refractivity contribution >= 4 is 11.9 Å². The van der Waals surface area contributed by atoms with Crippen LogP contribution in [0.1, 0.15) is 34.5 Å². The Morgan fingerprint density at radius 3 is 0.844 bits per heavy atom. The van der Waals surface area contributed by atoms with Gasteiger partial charge in [0.2, 0.25) is 0 Å². The van der Waals surface area contributed by atoms with Crippen LogP contribution in [0.15, 0.2) is 121 Å². The SMILES string of the molecule is O=C(OC(c1ccccc1)c1ccccc1)C(=O)OC(c1ccccc1)c1ccccc1. The summed E-state index contributed by atoms with van der Waals surface area (Å²) in [5, 5.41) is 0. The van der Waals surface area contributed by atoms with Gasteiger partial charge < -0.3 is 9.47 Å². The van der Waals surface area contributed by atoms with Gasteiger partial charge >= 0.3 is 11.9 Å². The van der Waals surface area contributed by atoms with Crippen LogP contribution in [-0.4, -0.2) is 11.9 Å². The van der Waals surface area contributed by atoms with Crippen molar-refractivity contribution in [3.05, 3.63) is 144 Å². The van der Waals surface area contributed by atoms with E-state index in [1.807, 2.05) is 121 Å². The summed E-state index contributed by atoms with van der Waals surface area (Å²) in [5.41, 5.74) is 3.06. The standard InChI is InChI=1S/C28H22O4/c29-27(31-25(21-13-5-1-6-14-21)22-15-7-2-8-16-22)28(30)32-26(23-17-9-3-10-18-23)24-19-11-4-12-20-24/h1-20,25-26H. The summed E-state index contributed by atoms with van der Waals surface area (Å²) in [5.74, 6) is -2.08. The number of carbonyl (C=O) groups excluding carboxylic acids is 2. The van der Waals surface area contributed by atoms with Crippen LogP contribution in [0.3, 0.4) is 0 Å². The summed E-state index contributed by atoms with van der Waals surface area (Å²) in [6, 6.07) is 37.2. The van der Waals surface area contributed by atoms with Gasteiger partial charge in [0.05, 0.1) is 0 Å². The summed E-state index contributed by atoms with van der Waals surface area (Å²) in [4.78, 5) is 25.6. The molecule has 4 heteroatoms. The molecule has 158 valence electrons. The van der Waals surface area contributed by atoms with Crippen molar-refractivity contribution < 1.29 is 19.1 Å². The molecule has 0 unspecified atom stereocenters. The molecule has 0 aliphatic heterocycles. The van der Waals surface area contributed by atoms with Gasteiger partial charge in [-0.05, 0) is 22.3 Å². The number of benzene rings is 4. The first-order valence-electron chi connectivity index (χ1n) is 10.3. The number of rotatable bonds is 6. The van der Waals surface area contributed by atoms with Crippen LogP contribution in [0.2, 0.25) is 0 Å². The molecule has 32 heavy (non-hydrogen) atoms. The molecule has 0 heterocycles. The molecule has 4 nitrogen and oxygen atoms in total. The number of carbonyl (C=O) groups is 2. The van der Waals surface area contributed by atoms with E-state index in [1.165, 1.54) is 0 Å². The molecular formula is C28H22O4. The number of hydrogen-bond donors (Lipinski definition) is 0. The fourth-order valence-electron chi connectivity index (χ4n) is 3.48. The van der Waals surface area contributed by atoms with Gasteiger partial charge in [-0.3, -0.25) is 0 Å². The van der Waals surface area contributed by atoms with Crippen LogP contribution in [0, 0.1) is 0 Å². The Bertz CT molecular complexity index is 969. The summed E-state index contributed by atoms with van der Waals surface area (Å²) in [6.07, 6.45) is -1.44. The largest absolute Gasteiger partial charge is 0.444 e. The Balaban J connectivity index is 1.57. The van der Waals surface area contributed by atoms with Gasteiger partial charge in [-0.2, -0.15) is 0 Å². The summed E-state index contributed by atoms with van der Waals surface area (Å²) < 4.78 is 11.3. The first-order valence-corrected chi connectivity index (χ1v) is 10.3. The van der Waals surface area contributed by atoms with E-state index in [2.05, 4.69) is 0 Å². The third-order valence-corrected chi connectivity index (χ3v) is 5.03. The highest BCUT2D eigenvalue weighted by atomic mass is 16.6. The maximum Gasteiger partial charge on any atom is 0.418 e. The van der Waals surface area contributed by atoms with Gasteiger partial charge in [0, 0.05) is 0 Å². The number of esters is 2. The molecule has 0 fully saturated rings. The van der Waals surface area contributed by atoms with E-state index in [0.717, 1.165) is 22.3 Å². The maximum absolute atomic E-state index is 12.8. The molecule has 0 saturated carbocycles. The Morgan fingerprint density at radius 2 is 0.625 bits per heavy atom. The molecule has 4 rings (SSSR count). The second-order valence-electron chi connectivity index (χ2n) is 7.21. The van der Waals surface area contributed by atoms with Gasteiger partial charge in [0.1, 0.15) is 0 Å². The van der Waals surface area contributed by atoms with Gasteiger partial charge in [-0.25, -0.2) is 9.59 Å².